The first kappa shape index (κ1) is 28.6. The Kier molecular flexibility index (Phi) is 7.13. The number of rotatable bonds is 8. The molecule has 0 spiro atoms. The number of nitrogens with one attached hydrogen (secondary N) is 1. The Hall–Kier alpha value is -3.83. The summed E-state index contributed by atoms with van der Waals surface area (Å²) in [5.41, 5.74) is 0.745. The van der Waals surface area contributed by atoms with Gasteiger partial charge in [-0.25, -0.2) is 13.8 Å². The first-order chi connectivity index (χ1) is 21.9. The lowest BCUT2D eigenvalue weighted by molar-refractivity contribution is 0.108. The van der Waals surface area contributed by atoms with Crippen molar-refractivity contribution < 1.29 is 23.4 Å². The number of fused-ring (bicyclic) bond motifs is 3. The normalized spacial score (nSPS) is 19.8. The number of halogens is 2. The summed E-state index contributed by atoms with van der Waals surface area (Å²) in [5, 5.41) is 15.6. The number of nitrogens with zero attached hydrogens (tertiary/aromatic N) is 5. The molecule has 3 saturated heterocycles. The van der Waals surface area contributed by atoms with Crippen molar-refractivity contribution in [2.45, 2.75) is 50.5 Å². The zero-order chi connectivity index (χ0) is 30.7. The number of phenolic OH excluding ortho intramolecular Hbond substituents is 1. The Labute approximate surface area is 260 Å². The number of anilines is 1. The molecule has 0 atom stereocenters. The minimum atomic E-state index is -0.690. The van der Waals surface area contributed by atoms with E-state index in [1.165, 1.54) is 19.2 Å². The molecule has 9 nitrogen and oxygen atoms in total. The molecule has 236 valence electrons. The molecule has 4 fully saturated rings. The number of ether oxygens (including phenoxy) is 2. The van der Waals surface area contributed by atoms with Gasteiger partial charge in [0.25, 0.3) is 0 Å². The predicted molar refractivity (Wildman–Crippen MR) is 168 cm³/mol. The van der Waals surface area contributed by atoms with Crippen LogP contribution >= 0.6 is 0 Å². The lowest BCUT2D eigenvalue weighted by Crippen LogP contribution is -2.44. The largest absolute Gasteiger partial charge is 0.508 e. The van der Waals surface area contributed by atoms with Gasteiger partial charge in [-0.05, 0) is 98.5 Å². The van der Waals surface area contributed by atoms with Crippen molar-refractivity contribution in [1.82, 2.24) is 25.2 Å². The molecule has 45 heavy (non-hydrogen) atoms. The molecular weight excluding hydrogens is 578 g/mol. The van der Waals surface area contributed by atoms with Crippen molar-refractivity contribution in [2.75, 3.05) is 57.9 Å². The van der Waals surface area contributed by atoms with Crippen molar-refractivity contribution in [1.29, 1.82) is 0 Å². The summed E-state index contributed by atoms with van der Waals surface area (Å²) in [6.45, 7) is 5.40. The molecule has 2 aromatic heterocycles. The highest BCUT2D eigenvalue weighted by Crippen LogP contribution is 2.44. The van der Waals surface area contributed by atoms with Gasteiger partial charge in [0, 0.05) is 31.7 Å². The fourth-order valence-corrected chi connectivity index (χ4v) is 7.76. The van der Waals surface area contributed by atoms with Crippen molar-refractivity contribution in [3.8, 4) is 28.9 Å². The standard InChI is InChI=1S/C34H38F2N6O3/c1-44-32-27-30(28(36)29(38-32)24-18-22(43)17-21-6-7-25(35)23(26(21)24)16-20-4-5-20)39-33(40-31(27)41-14-10-37-11-15-41)45-19-34-8-2-12-42(34)13-3-9-34/h6-7,17-18,20,37,43H,2-5,8-16,19H2,1H3. The molecule has 8 rings (SSSR count). The van der Waals surface area contributed by atoms with Gasteiger partial charge in [-0.15, -0.1) is 0 Å². The zero-order valence-corrected chi connectivity index (χ0v) is 25.5. The lowest BCUT2D eigenvalue weighted by Gasteiger charge is -2.32. The highest BCUT2D eigenvalue weighted by molar-refractivity contribution is 6.03. The second kappa shape index (κ2) is 11.2. The molecule has 0 bridgehead atoms. The Bertz CT molecular complexity index is 1780. The van der Waals surface area contributed by atoms with Gasteiger partial charge in [-0.3, -0.25) is 4.90 Å². The molecule has 1 saturated carbocycles. The van der Waals surface area contributed by atoms with Crippen LogP contribution in [-0.2, 0) is 6.42 Å². The van der Waals surface area contributed by atoms with Crippen molar-refractivity contribution in [2.24, 2.45) is 5.92 Å². The van der Waals surface area contributed by atoms with Gasteiger partial charge in [-0.1, -0.05) is 6.07 Å². The minimum Gasteiger partial charge on any atom is -0.508 e. The summed E-state index contributed by atoms with van der Waals surface area (Å²) < 4.78 is 44.6. The maximum Gasteiger partial charge on any atom is 0.319 e. The van der Waals surface area contributed by atoms with E-state index in [1.807, 2.05) is 0 Å². The molecule has 0 unspecified atom stereocenters. The van der Waals surface area contributed by atoms with Crippen molar-refractivity contribution in [3.63, 3.8) is 0 Å². The number of hydrogen-bond acceptors (Lipinski definition) is 9. The summed E-state index contributed by atoms with van der Waals surface area (Å²) in [6, 6.07) is 6.18. The summed E-state index contributed by atoms with van der Waals surface area (Å²) >= 11 is 0. The number of methoxy groups -OCH3 is 1. The van der Waals surface area contributed by atoms with E-state index in [0.29, 0.717) is 65.1 Å². The van der Waals surface area contributed by atoms with E-state index in [2.05, 4.69) is 25.1 Å². The lowest BCUT2D eigenvalue weighted by atomic mass is 9.93. The van der Waals surface area contributed by atoms with E-state index in [4.69, 9.17) is 14.5 Å². The smallest absolute Gasteiger partial charge is 0.319 e. The van der Waals surface area contributed by atoms with E-state index in [-0.39, 0.29) is 40.2 Å². The summed E-state index contributed by atoms with van der Waals surface area (Å²) in [7, 11) is 1.49. The molecule has 11 heteroatoms. The summed E-state index contributed by atoms with van der Waals surface area (Å²) in [4.78, 5) is 18.8. The van der Waals surface area contributed by atoms with Gasteiger partial charge < -0.3 is 24.8 Å². The van der Waals surface area contributed by atoms with E-state index < -0.39 is 5.82 Å². The van der Waals surface area contributed by atoms with Crippen LogP contribution in [0.5, 0.6) is 17.6 Å². The van der Waals surface area contributed by atoms with Crippen LogP contribution in [0.4, 0.5) is 14.6 Å². The molecule has 0 radical (unpaired) electrons. The number of hydrogen-bond donors (Lipinski definition) is 2. The van der Waals surface area contributed by atoms with E-state index in [1.54, 1.807) is 12.1 Å². The number of aromatic nitrogens is 3. The van der Waals surface area contributed by atoms with Crippen molar-refractivity contribution in [3.05, 3.63) is 41.5 Å². The third-order valence-electron chi connectivity index (χ3n) is 10.2. The topological polar surface area (TPSA) is 95.9 Å². The number of benzene rings is 2. The highest BCUT2D eigenvalue weighted by Gasteiger charge is 2.45. The second-order valence-electron chi connectivity index (χ2n) is 13.0. The molecular formula is C34H38F2N6O3. The van der Waals surface area contributed by atoms with Gasteiger partial charge in [0.05, 0.1) is 12.6 Å². The third-order valence-corrected chi connectivity index (χ3v) is 10.2. The average molecular weight is 617 g/mol. The van der Waals surface area contributed by atoms with Crippen LogP contribution in [0.3, 0.4) is 0 Å². The SMILES string of the molecule is COc1nc(-c2cc(O)cc3ccc(F)c(CC4CC4)c23)c(F)c2nc(OCC34CCCN3CCC4)nc(N3CCNCC3)c12. The van der Waals surface area contributed by atoms with Crippen LogP contribution < -0.4 is 19.7 Å². The average Bonchev–Trinajstić information content (AvgIpc) is 3.65. The first-order valence-electron chi connectivity index (χ1n) is 16.2. The maximum absolute atomic E-state index is 17.0. The fraction of sp³-hybridized carbons (Fsp3) is 0.500. The highest BCUT2D eigenvalue weighted by atomic mass is 19.1. The van der Waals surface area contributed by atoms with E-state index >= 15 is 8.78 Å². The molecule has 1 aliphatic carbocycles. The quantitative estimate of drug-likeness (QED) is 0.277. The second-order valence-corrected chi connectivity index (χ2v) is 13.0. The zero-order valence-electron chi connectivity index (χ0n) is 25.5. The Balaban J connectivity index is 1.32. The molecule has 5 heterocycles. The maximum atomic E-state index is 17.0. The third kappa shape index (κ3) is 5.00. The molecule has 2 N–H and O–H groups in total. The van der Waals surface area contributed by atoms with Gasteiger partial charge in [0.1, 0.15) is 40.6 Å². The first-order valence-corrected chi connectivity index (χ1v) is 16.2. The molecule has 2 aromatic carbocycles. The number of phenols is 1. The van der Waals surface area contributed by atoms with Gasteiger partial charge >= 0.3 is 6.01 Å². The number of pyridine rings is 1. The molecule has 0 amide bonds. The van der Waals surface area contributed by atoms with Gasteiger partial charge in [-0.2, -0.15) is 9.97 Å². The number of aromatic hydroxyl groups is 1. The van der Waals surface area contributed by atoms with Crippen molar-refractivity contribution >= 4 is 27.5 Å². The Morgan fingerprint density at radius 3 is 2.51 bits per heavy atom. The Morgan fingerprint density at radius 1 is 1.00 bits per heavy atom. The summed E-state index contributed by atoms with van der Waals surface area (Å²) in [6.07, 6.45) is 7.00. The van der Waals surface area contributed by atoms with Crippen LogP contribution in [-0.4, -0.2) is 83.5 Å². The molecule has 4 aromatic rings. The Morgan fingerprint density at radius 2 is 1.78 bits per heavy atom. The van der Waals surface area contributed by atoms with E-state index in [9.17, 15) is 5.11 Å². The fourth-order valence-electron chi connectivity index (χ4n) is 7.76. The van der Waals surface area contributed by atoms with Crippen LogP contribution in [0.2, 0.25) is 0 Å². The molecule has 4 aliphatic rings. The van der Waals surface area contributed by atoms with Gasteiger partial charge in [0.2, 0.25) is 5.88 Å². The van der Waals surface area contributed by atoms with Gasteiger partial charge in [0.15, 0.2) is 5.82 Å². The van der Waals surface area contributed by atoms with E-state index in [0.717, 1.165) is 64.7 Å². The monoisotopic (exact) mass is 616 g/mol. The summed E-state index contributed by atoms with van der Waals surface area (Å²) in [5.74, 6) is -0.0359. The minimum absolute atomic E-state index is 0.0271. The van der Waals surface area contributed by atoms with Crippen LogP contribution in [0.25, 0.3) is 32.9 Å². The van der Waals surface area contributed by atoms with Crippen LogP contribution in [0, 0.1) is 17.6 Å². The van der Waals surface area contributed by atoms with Crippen LogP contribution in [0.15, 0.2) is 24.3 Å². The molecule has 3 aliphatic heterocycles. The number of piperazine rings is 1. The van der Waals surface area contributed by atoms with Crippen LogP contribution in [0.1, 0.15) is 44.1 Å². The predicted octanol–water partition coefficient (Wildman–Crippen LogP) is 5.21.